The van der Waals surface area contributed by atoms with Crippen molar-refractivity contribution in [3.63, 3.8) is 0 Å². The van der Waals surface area contributed by atoms with Crippen LogP contribution in [0.5, 0.6) is 0 Å². The van der Waals surface area contributed by atoms with E-state index in [9.17, 15) is 4.79 Å². The van der Waals surface area contributed by atoms with Crippen molar-refractivity contribution in [2.75, 3.05) is 11.9 Å². The third-order valence-electron chi connectivity index (χ3n) is 4.09. The maximum absolute atomic E-state index is 12.7. The van der Waals surface area contributed by atoms with Crippen LogP contribution in [-0.2, 0) is 0 Å². The number of hydrogen-bond donors (Lipinski definition) is 2. The highest BCUT2D eigenvalue weighted by Crippen LogP contribution is 2.32. The Hall–Kier alpha value is -1.62. The molecule has 2 N–H and O–H groups in total. The number of hydrogen-bond acceptors (Lipinski definition) is 2. The van der Waals surface area contributed by atoms with Gasteiger partial charge in [-0.3, -0.25) is 4.90 Å². The van der Waals surface area contributed by atoms with Gasteiger partial charge in [-0.15, -0.1) is 0 Å². The topological polar surface area (TPSA) is 44.4 Å². The molecule has 1 fully saturated rings. The quantitative estimate of drug-likeness (QED) is 0.804. The van der Waals surface area contributed by atoms with Crippen molar-refractivity contribution in [1.29, 1.82) is 0 Å². The van der Waals surface area contributed by atoms with Crippen LogP contribution in [0.3, 0.4) is 0 Å². The highest BCUT2D eigenvalue weighted by Gasteiger charge is 2.36. The van der Waals surface area contributed by atoms with Crippen LogP contribution < -0.4 is 10.6 Å². The van der Waals surface area contributed by atoms with Crippen LogP contribution >= 0.6 is 12.2 Å². The van der Waals surface area contributed by atoms with Crippen molar-refractivity contribution in [2.45, 2.75) is 58.9 Å². The lowest BCUT2D eigenvalue weighted by atomic mass is 9.93. The van der Waals surface area contributed by atoms with E-state index in [1.165, 1.54) is 0 Å². The molecule has 0 aliphatic carbocycles. The zero-order chi connectivity index (χ0) is 17.4. The van der Waals surface area contributed by atoms with Crippen LogP contribution in [0.25, 0.3) is 0 Å². The van der Waals surface area contributed by atoms with E-state index in [2.05, 4.69) is 56.5 Å². The van der Waals surface area contributed by atoms with Gasteiger partial charge in [0.25, 0.3) is 0 Å². The molecule has 0 spiro atoms. The molecule has 126 valence electrons. The van der Waals surface area contributed by atoms with Crippen molar-refractivity contribution < 1.29 is 4.79 Å². The largest absolute Gasteiger partial charge is 0.355 e. The number of anilines is 1. The van der Waals surface area contributed by atoms with Crippen LogP contribution in [-0.4, -0.2) is 28.1 Å². The summed E-state index contributed by atoms with van der Waals surface area (Å²) in [7, 11) is 0. The van der Waals surface area contributed by atoms with Gasteiger partial charge in [-0.25, -0.2) is 4.79 Å². The Kier molecular flexibility index (Phi) is 4.99. The molecular weight excluding hydrogens is 306 g/mol. The van der Waals surface area contributed by atoms with Crippen LogP contribution in [0.2, 0.25) is 0 Å². The lowest BCUT2D eigenvalue weighted by Gasteiger charge is -2.23. The second-order valence-corrected chi connectivity index (χ2v) is 7.84. The van der Waals surface area contributed by atoms with Crippen molar-refractivity contribution in [1.82, 2.24) is 10.2 Å². The van der Waals surface area contributed by atoms with Crippen LogP contribution in [0.15, 0.2) is 18.2 Å². The minimum atomic E-state index is -0.188. The van der Waals surface area contributed by atoms with Gasteiger partial charge >= 0.3 is 6.03 Å². The molecule has 1 aromatic rings. The number of rotatable bonds is 3. The molecule has 0 unspecified atom stereocenters. The van der Waals surface area contributed by atoms with E-state index in [1.54, 1.807) is 4.90 Å². The van der Waals surface area contributed by atoms with Gasteiger partial charge in [-0.1, -0.05) is 45.9 Å². The molecule has 2 rings (SSSR count). The molecule has 2 amide bonds. The summed E-state index contributed by atoms with van der Waals surface area (Å²) < 4.78 is 0. The zero-order valence-electron chi connectivity index (χ0n) is 14.9. The summed E-state index contributed by atoms with van der Waals surface area (Å²) in [5, 5.41) is 6.78. The minimum absolute atomic E-state index is 0.164. The summed E-state index contributed by atoms with van der Waals surface area (Å²) in [6, 6.07) is 6.06. The number of nitrogens with one attached hydrogen (secondary N) is 2. The maximum Gasteiger partial charge on any atom is 0.328 e. The van der Waals surface area contributed by atoms with E-state index in [4.69, 9.17) is 12.2 Å². The van der Waals surface area contributed by atoms with Crippen molar-refractivity contribution in [3.05, 3.63) is 29.3 Å². The smallest absolute Gasteiger partial charge is 0.328 e. The molecule has 5 heteroatoms. The molecular formula is C18H27N3OS. The van der Waals surface area contributed by atoms with E-state index < -0.39 is 0 Å². The summed E-state index contributed by atoms with van der Waals surface area (Å²) >= 11 is 5.30. The van der Waals surface area contributed by atoms with E-state index in [0.29, 0.717) is 23.5 Å². The van der Waals surface area contributed by atoms with Crippen molar-refractivity contribution in [2.24, 2.45) is 0 Å². The molecule has 1 saturated heterocycles. The Morgan fingerprint density at radius 3 is 2.13 bits per heavy atom. The number of nitrogens with zero attached hydrogens (tertiary/aromatic N) is 1. The first kappa shape index (κ1) is 17.7. The first-order valence-electron chi connectivity index (χ1n) is 8.16. The SMILES string of the molecule is CC(C)c1cccc(C(C)C)c1NC(=O)N1CC(C)(C)NC1=S. The molecule has 1 aliphatic heterocycles. The van der Waals surface area contributed by atoms with Crippen LogP contribution in [0, 0.1) is 0 Å². The van der Waals surface area contributed by atoms with Crippen LogP contribution in [0.1, 0.15) is 64.5 Å². The molecule has 0 radical (unpaired) electrons. The molecule has 0 saturated carbocycles. The van der Waals surface area contributed by atoms with E-state index >= 15 is 0 Å². The number of carbonyl (C=O) groups is 1. The molecule has 4 nitrogen and oxygen atoms in total. The second kappa shape index (κ2) is 6.48. The molecule has 1 heterocycles. The number of amides is 2. The van der Waals surface area contributed by atoms with E-state index in [0.717, 1.165) is 16.8 Å². The summed E-state index contributed by atoms with van der Waals surface area (Å²) in [6.45, 7) is 13.2. The molecule has 0 atom stereocenters. The zero-order valence-corrected chi connectivity index (χ0v) is 15.7. The number of urea groups is 1. The maximum atomic E-state index is 12.7. The predicted molar refractivity (Wildman–Crippen MR) is 100 cm³/mol. The van der Waals surface area contributed by atoms with Gasteiger partial charge in [-0.2, -0.15) is 0 Å². The van der Waals surface area contributed by atoms with Gasteiger partial charge in [0.1, 0.15) is 0 Å². The van der Waals surface area contributed by atoms with Gasteiger partial charge in [-0.05, 0) is 49.0 Å². The normalized spacial score (nSPS) is 16.9. The number of carbonyl (C=O) groups excluding carboxylic acids is 1. The number of thiocarbonyl (C=S) groups is 1. The first-order valence-corrected chi connectivity index (χ1v) is 8.56. The van der Waals surface area contributed by atoms with Gasteiger partial charge in [0, 0.05) is 5.69 Å². The number of para-hydroxylation sites is 1. The lowest BCUT2D eigenvalue weighted by molar-refractivity contribution is 0.233. The summed E-state index contributed by atoms with van der Waals surface area (Å²) in [5.74, 6) is 0.674. The Balaban J connectivity index is 2.32. The molecule has 1 aromatic carbocycles. The summed E-state index contributed by atoms with van der Waals surface area (Å²) in [6.07, 6.45) is 0. The Morgan fingerprint density at radius 2 is 1.74 bits per heavy atom. The van der Waals surface area contributed by atoms with Gasteiger partial charge in [0.05, 0.1) is 12.1 Å². The Labute approximate surface area is 144 Å². The summed E-state index contributed by atoms with van der Waals surface area (Å²) in [5.41, 5.74) is 3.05. The molecule has 23 heavy (non-hydrogen) atoms. The predicted octanol–water partition coefficient (Wildman–Crippen LogP) is 4.43. The fourth-order valence-corrected chi connectivity index (χ4v) is 3.32. The third-order valence-corrected chi connectivity index (χ3v) is 4.42. The fourth-order valence-electron chi connectivity index (χ4n) is 2.90. The second-order valence-electron chi connectivity index (χ2n) is 7.45. The van der Waals surface area contributed by atoms with E-state index in [1.807, 2.05) is 13.8 Å². The lowest BCUT2D eigenvalue weighted by Crippen LogP contribution is -2.37. The molecule has 0 aromatic heterocycles. The molecule has 1 aliphatic rings. The van der Waals surface area contributed by atoms with Crippen molar-refractivity contribution in [3.8, 4) is 0 Å². The van der Waals surface area contributed by atoms with Gasteiger partial charge in [0.2, 0.25) is 0 Å². The van der Waals surface area contributed by atoms with Crippen LogP contribution in [0.4, 0.5) is 10.5 Å². The monoisotopic (exact) mass is 333 g/mol. The van der Waals surface area contributed by atoms with Gasteiger partial charge < -0.3 is 10.6 Å². The third kappa shape index (κ3) is 3.83. The molecule has 0 bridgehead atoms. The fraction of sp³-hybridized carbons (Fsp3) is 0.556. The van der Waals surface area contributed by atoms with Gasteiger partial charge in [0.15, 0.2) is 5.11 Å². The van der Waals surface area contributed by atoms with E-state index in [-0.39, 0.29) is 11.6 Å². The highest BCUT2D eigenvalue weighted by molar-refractivity contribution is 7.80. The minimum Gasteiger partial charge on any atom is -0.355 e. The standard InChI is InChI=1S/C18H27N3OS/c1-11(2)13-8-7-9-14(12(3)4)15(13)19-16(22)21-10-18(5,6)20-17(21)23/h7-9,11-12H,10H2,1-6H3,(H,19,22)(H,20,23). The number of benzene rings is 1. The average Bonchev–Trinajstić information content (AvgIpc) is 2.71. The highest BCUT2D eigenvalue weighted by atomic mass is 32.1. The first-order chi connectivity index (χ1) is 10.6. The Bertz CT molecular complexity index is 596. The van der Waals surface area contributed by atoms with Crippen molar-refractivity contribution >= 4 is 29.0 Å². The average molecular weight is 334 g/mol. The summed E-state index contributed by atoms with van der Waals surface area (Å²) in [4.78, 5) is 14.4. The Morgan fingerprint density at radius 1 is 1.22 bits per heavy atom.